The number of benzene rings is 2. The number of imidazole rings is 2. The lowest BCUT2D eigenvalue weighted by Crippen LogP contribution is -2.36. The van der Waals surface area contributed by atoms with Crippen LogP contribution < -0.4 is 5.32 Å². The van der Waals surface area contributed by atoms with Crippen LogP contribution in [0.15, 0.2) is 36.4 Å². The van der Waals surface area contributed by atoms with Crippen LogP contribution in [-0.4, -0.2) is 89.2 Å². The summed E-state index contributed by atoms with van der Waals surface area (Å²) < 4.78 is 3.76. The van der Waals surface area contributed by atoms with E-state index in [0.717, 1.165) is 65.4 Å². The Bertz CT molecular complexity index is 1730. The normalized spacial score (nSPS) is 16.3. The Kier molecular flexibility index (Phi) is 9.87. The molecule has 0 bridgehead atoms. The molecule has 0 aliphatic carbocycles. The van der Waals surface area contributed by atoms with Gasteiger partial charge in [0.15, 0.2) is 11.6 Å². The Labute approximate surface area is 286 Å². The maximum Gasteiger partial charge on any atom is 0.291 e. The van der Waals surface area contributed by atoms with Gasteiger partial charge in [0.2, 0.25) is 5.78 Å². The summed E-state index contributed by atoms with van der Waals surface area (Å²) in [5.41, 5.74) is 7.65. The van der Waals surface area contributed by atoms with Crippen molar-refractivity contribution in [1.29, 1.82) is 0 Å². The Morgan fingerprint density at radius 3 is 2.00 bits per heavy atom. The van der Waals surface area contributed by atoms with Gasteiger partial charge in [-0.2, -0.15) is 0 Å². The van der Waals surface area contributed by atoms with Crippen LogP contribution in [0.1, 0.15) is 69.0 Å². The number of amides is 1. The van der Waals surface area contributed by atoms with Gasteiger partial charge in [-0.15, -0.1) is 0 Å². The summed E-state index contributed by atoms with van der Waals surface area (Å²) in [5.74, 6) is 0.339. The highest BCUT2D eigenvalue weighted by Crippen LogP contribution is 2.36. The Hall–Kier alpha value is -3.87. The zero-order valence-electron chi connectivity index (χ0n) is 28.3. The van der Waals surface area contributed by atoms with Gasteiger partial charge < -0.3 is 24.7 Å². The number of nitrogens with one attached hydrogen (secondary N) is 1. The minimum absolute atomic E-state index is 0.0989. The van der Waals surface area contributed by atoms with Gasteiger partial charge in [0.05, 0.1) is 28.6 Å². The maximum atomic E-state index is 13.6. The van der Waals surface area contributed by atoms with Crippen LogP contribution in [0.4, 0.5) is 5.69 Å². The molecule has 2 aliphatic heterocycles. The number of hydrogen-bond donors (Lipinski definition) is 3. The molecule has 1 amide bonds. The monoisotopic (exact) mass is 673 g/mol. The molecule has 2 aromatic carbocycles. The Morgan fingerprint density at radius 1 is 0.854 bits per heavy atom. The van der Waals surface area contributed by atoms with Crippen molar-refractivity contribution in [2.24, 2.45) is 14.1 Å². The van der Waals surface area contributed by atoms with Crippen LogP contribution >= 0.6 is 11.6 Å². The molecule has 2 aliphatic rings. The van der Waals surface area contributed by atoms with E-state index >= 15 is 0 Å². The fourth-order valence-electron chi connectivity index (χ4n) is 7.09. The number of anilines is 1. The lowest BCUT2D eigenvalue weighted by atomic mass is 9.96. The fourth-order valence-corrected chi connectivity index (χ4v) is 7.39. The lowest BCUT2D eigenvalue weighted by Gasteiger charge is -2.27. The minimum atomic E-state index is -0.428. The van der Waals surface area contributed by atoms with Crippen LogP contribution in [-0.2, 0) is 46.4 Å². The number of hydrogen-bond acceptors (Lipinski definition) is 8. The molecule has 2 aromatic heterocycles. The van der Waals surface area contributed by atoms with Gasteiger partial charge in [-0.25, -0.2) is 9.97 Å². The molecule has 0 saturated carbocycles. The largest absolute Gasteiger partial charge is 0.392 e. The molecule has 4 heterocycles. The molecule has 254 valence electrons. The molecule has 0 spiro atoms. The van der Waals surface area contributed by atoms with Gasteiger partial charge in [0.25, 0.3) is 5.91 Å². The zero-order valence-corrected chi connectivity index (χ0v) is 29.0. The van der Waals surface area contributed by atoms with Gasteiger partial charge in [-0.1, -0.05) is 41.9 Å². The van der Waals surface area contributed by atoms with E-state index in [1.807, 2.05) is 66.6 Å². The molecule has 0 radical (unpaired) electrons. The van der Waals surface area contributed by atoms with Gasteiger partial charge >= 0.3 is 0 Å². The van der Waals surface area contributed by atoms with Crippen molar-refractivity contribution in [2.45, 2.75) is 65.3 Å². The van der Waals surface area contributed by atoms with Crippen molar-refractivity contribution in [2.75, 3.05) is 31.5 Å². The first-order chi connectivity index (χ1) is 22.9. The molecule has 4 aromatic rings. The predicted octanol–water partition coefficient (Wildman–Crippen LogP) is 3.94. The maximum absolute atomic E-state index is 13.6. The number of Topliss-reactive ketones (excluding diaryl/α,β-unsaturated/α-hetero) is 1. The topological polar surface area (TPSA) is 129 Å². The number of aliphatic hydroxyl groups excluding tert-OH is 2. The molecule has 3 N–H and O–H groups in total. The quantitative estimate of drug-likeness (QED) is 0.216. The van der Waals surface area contributed by atoms with Crippen molar-refractivity contribution >= 4 is 29.0 Å². The van der Waals surface area contributed by atoms with Gasteiger partial charge in [-0.05, 0) is 43.5 Å². The van der Waals surface area contributed by atoms with E-state index in [4.69, 9.17) is 21.6 Å². The van der Waals surface area contributed by atoms with Crippen LogP contribution in [0, 0.1) is 6.92 Å². The number of aliphatic hydroxyl groups is 2. The summed E-state index contributed by atoms with van der Waals surface area (Å²) >= 11 is 7.00. The van der Waals surface area contributed by atoms with Crippen LogP contribution in [0.3, 0.4) is 0 Å². The standard InChI is InChI=1S/C36H44ClN7O4/c1-21(45)17-43-14-12-30-28(19-43)38-34(41(30)4)32(47)16-24-8-6-10-26(33(24)37)25-9-7-11-27(23(25)3)40-36(48)35-39-29-20-44(18-22(2)46)15-13-31(29)42(35)5/h6-11,21-22,45-46H,12-20H2,1-5H3,(H,40,48)/t21-,22-/m0/s1. The summed E-state index contributed by atoms with van der Waals surface area (Å²) in [6.45, 7) is 9.44. The second-order valence-corrected chi connectivity index (χ2v) is 13.6. The number of carbonyl (C=O) groups excluding carboxylic acids is 2. The lowest BCUT2D eigenvalue weighted by molar-refractivity contribution is 0.0977. The summed E-state index contributed by atoms with van der Waals surface area (Å²) in [6, 6.07) is 11.4. The van der Waals surface area contributed by atoms with Crippen LogP contribution in [0.25, 0.3) is 11.1 Å². The SMILES string of the molecule is Cc1c(NC(=O)c2nc3c(n2C)CCN(C[C@H](C)O)C3)cccc1-c1cccc(CC(=O)c2nc3c(n2C)CCN(C[C@H](C)O)C3)c1Cl. The third-order valence-corrected chi connectivity index (χ3v) is 9.92. The molecule has 12 heteroatoms. The molecule has 0 unspecified atom stereocenters. The van der Waals surface area contributed by atoms with Crippen LogP contribution in [0.2, 0.25) is 5.02 Å². The van der Waals surface area contributed by atoms with Gasteiger partial charge in [0, 0.05) is 95.3 Å². The molecule has 2 atom stereocenters. The molecule has 0 saturated heterocycles. The number of halogens is 1. The summed E-state index contributed by atoms with van der Waals surface area (Å²) in [5, 5.41) is 23.2. The van der Waals surface area contributed by atoms with Crippen molar-refractivity contribution in [1.82, 2.24) is 28.9 Å². The summed E-state index contributed by atoms with van der Waals surface area (Å²) in [4.78, 5) is 40.8. The second-order valence-electron chi connectivity index (χ2n) is 13.3. The number of nitrogens with zero attached hydrogens (tertiary/aromatic N) is 6. The van der Waals surface area contributed by atoms with E-state index in [1.165, 1.54) is 0 Å². The van der Waals surface area contributed by atoms with Gasteiger partial charge in [-0.3, -0.25) is 19.4 Å². The fraction of sp³-hybridized carbons (Fsp3) is 0.444. The molecule has 6 rings (SSSR count). The smallest absolute Gasteiger partial charge is 0.291 e. The number of carbonyl (C=O) groups is 2. The first kappa shape index (κ1) is 34.0. The molecule has 0 fully saturated rings. The second kappa shape index (κ2) is 13.9. The minimum Gasteiger partial charge on any atom is -0.392 e. The number of aromatic nitrogens is 4. The third kappa shape index (κ3) is 6.83. The average molecular weight is 674 g/mol. The first-order valence-electron chi connectivity index (χ1n) is 16.5. The van der Waals surface area contributed by atoms with Crippen molar-refractivity contribution in [3.8, 4) is 11.1 Å². The highest BCUT2D eigenvalue weighted by Gasteiger charge is 2.28. The van der Waals surface area contributed by atoms with E-state index in [1.54, 1.807) is 13.8 Å². The Balaban J connectivity index is 1.20. The number of rotatable bonds is 10. The summed E-state index contributed by atoms with van der Waals surface area (Å²) in [6.07, 6.45) is 0.777. The average Bonchev–Trinajstić information content (AvgIpc) is 3.54. The number of fused-ring (bicyclic) bond motifs is 2. The highest BCUT2D eigenvalue weighted by molar-refractivity contribution is 6.34. The first-order valence-corrected chi connectivity index (χ1v) is 16.9. The number of ketones is 1. The molecular weight excluding hydrogens is 630 g/mol. The van der Waals surface area contributed by atoms with E-state index in [0.29, 0.717) is 54.1 Å². The zero-order chi connectivity index (χ0) is 34.3. The molecule has 11 nitrogen and oxygen atoms in total. The van der Waals surface area contributed by atoms with Crippen LogP contribution in [0.5, 0.6) is 0 Å². The molecule has 48 heavy (non-hydrogen) atoms. The molecular formula is C36H44ClN7O4. The van der Waals surface area contributed by atoms with E-state index in [-0.39, 0.29) is 18.1 Å². The third-order valence-electron chi connectivity index (χ3n) is 9.47. The predicted molar refractivity (Wildman–Crippen MR) is 185 cm³/mol. The van der Waals surface area contributed by atoms with E-state index < -0.39 is 12.2 Å². The van der Waals surface area contributed by atoms with E-state index in [2.05, 4.69) is 15.1 Å². The van der Waals surface area contributed by atoms with Crippen molar-refractivity contribution < 1.29 is 19.8 Å². The number of β-amino-alcohol motifs (C(OH)–C–C–N with tert-alkyl or cyclic N) is 2. The highest BCUT2D eigenvalue weighted by atomic mass is 35.5. The summed E-state index contributed by atoms with van der Waals surface area (Å²) in [7, 11) is 3.75. The van der Waals surface area contributed by atoms with Gasteiger partial charge in [0.1, 0.15) is 0 Å². The van der Waals surface area contributed by atoms with E-state index in [9.17, 15) is 19.8 Å². The van der Waals surface area contributed by atoms with Crippen molar-refractivity contribution in [3.05, 3.63) is 87.0 Å². The Morgan fingerprint density at radius 2 is 1.40 bits per heavy atom. The van der Waals surface area contributed by atoms with Crippen molar-refractivity contribution in [3.63, 3.8) is 0 Å².